The highest BCUT2D eigenvalue weighted by Gasteiger charge is 2.22. The molecule has 0 atom stereocenters. The Morgan fingerprint density at radius 3 is 1.97 bits per heavy atom. The lowest BCUT2D eigenvalue weighted by Gasteiger charge is -2.36. The molecule has 2 aromatic rings. The van der Waals surface area contributed by atoms with Crippen LogP contribution >= 0.6 is 0 Å². The van der Waals surface area contributed by atoms with Crippen LogP contribution in [0.3, 0.4) is 0 Å². The molecule has 1 fully saturated rings. The number of esters is 1. The number of carbonyl (C=O) groups excluding carboxylic acids is 2. The molecule has 0 bridgehead atoms. The summed E-state index contributed by atoms with van der Waals surface area (Å²) in [6, 6.07) is 14.8. The fourth-order valence-corrected chi connectivity index (χ4v) is 3.22. The summed E-state index contributed by atoms with van der Waals surface area (Å²) >= 11 is 0. The molecule has 8 nitrogen and oxygen atoms in total. The third-order valence-electron chi connectivity index (χ3n) is 4.92. The van der Waals surface area contributed by atoms with Gasteiger partial charge in [0.25, 0.3) is 5.91 Å². The first-order chi connectivity index (χ1) is 15.1. The van der Waals surface area contributed by atoms with Crippen molar-refractivity contribution in [3.63, 3.8) is 0 Å². The molecule has 0 aliphatic carbocycles. The number of amides is 1. The van der Waals surface area contributed by atoms with Crippen molar-refractivity contribution in [2.24, 2.45) is 0 Å². The maximum absolute atomic E-state index is 12.4. The summed E-state index contributed by atoms with van der Waals surface area (Å²) in [5.74, 6) is 1.28. The van der Waals surface area contributed by atoms with E-state index in [1.165, 1.54) is 0 Å². The Labute approximate surface area is 182 Å². The van der Waals surface area contributed by atoms with Gasteiger partial charge >= 0.3 is 5.97 Å². The van der Waals surface area contributed by atoms with Gasteiger partial charge in [0.2, 0.25) is 0 Å². The highest BCUT2D eigenvalue weighted by atomic mass is 16.6. The molecule has 1 heterocycles. The Morgan fingerprint density at radius 2 is 1.39 bits per heavy atom. The Bertz CT molecular complexity index is 845. The highest BCUT2D eigenvalue weighted by molar-refractivity contribution is 5.81. The molecule has 0 saturated carbocycles. The van der Waals surface area contributed by atoms with Gasteiger partial charge in [-0.3, -0.25) is 4.79 Å². The van der Waals surface area contributed by atoms with Crippen molar-refractivity contribution >= 4 is 17.6 Å². The highest BCUT2D eigenvalue weighted by Crippen LogP contribution is 2.20. The van der Waals surface area contributed by atoms with Crippen molar-refractivity contribution in [1.29, 1.82) is 0 Å². The summed E-state index contributed by atoms with van der Waals surface area (Å²) in [6.07, 6.45) is 0. The van der Waals surface area contributed by atoms with Gasteiger partial charge in [-0.05, 0) is 55.5 Å². The van der Waals surface area contributed by atoms with E-state index in [9.17, 15) is 9.59 Å². The molecule has 2 aromatic carbocycles. The molecule has 0 aromatic heterocycles. The molecule has 1 saturated heterocycles. The maximum atomic E-state index is 12.4. The van der Waals surface area contributed by atoms with Gasteiger partial charge in [0.05, 0.1) is 13.7 Å². The molecule has 0 unspecified atom stereocenters. The predicted molar refractivity (Wildman–Crippen MR) is 116 cm³/mol. The normalized spacial score (nSPS) is 13.5. The van der Waals surface area contributed by atoms with Crippen molar-refractivity contribution in [3.05, 3.63) is 48.5 Å². The molecule has 1 aliphatic rings. The topological polar surface area (TPSA) is 77.5 Å². The van der Waals surface area contributed by atoms with E-state index in [1.807, 2.05) is 31.2 Å². The quantitative estimate of drug-likeness (QED) is 0.568. The molecule has 0 N–H and O–H groups in total. The van der Waals surface area contributed by atoms with Crippen LogP contribution < -0.4 is 19.1 Å². The minimum absolute atomic E-state index is 0.205. The second-order valence-electron chi connectivity index (χ2n) is 6.92. The zero-order chi connectivity index (χ0) is 22.1. The summed E-state index contributed by atoms with van der Waals surface area (Å²) in [4.78, 5) is 28.2. The van der Waals surface area contributed by atoms with Crippen molar-refractivity contribution in [2.45, 2.75) is 6.92 Å². The second-order valence-corrected chi connectivity index (χ2v) is 6.92. The first-order valence-electron chi connectivity index (χ1n) is 10.3. The first-order valence-corrected chi connectivity index (χ1v) is 10.3. The minimum atomic E-state index is -0.584. The molecule has 8 heteroatoms. The number of benzene rings is 2. The third kappa shape index (κ3) is 6.53. The number of anilines is 1. The van der Waals surface area contributed by atoms with Crippen molar-refractivity contribution in [3.8, 4) is 17.2 Å². The number of nitrogens with zero attached hydrogens (tertiary/aromatic N) is 2. The van der Waals surface area contributed by atoms with E-state index in [0.29, 0.717) is 38.5 Å². The van der Waals surface area contributed by atoms with E-state index in [1.54, 1.807) is 36.3 Å². The molecule has 1 aliphatic heterocycles. The summed E-state index contributed by atoms with van der Waals surface area (Å²) in [6.45, 7) is 4.52. The smallest absolute Gasteiger partial charge is 0.344 e. The zero-order valence-corrected chi connectivity index (χ0v) is 17.9. The Kier molecular flexibility index (Phi) is 7.98. The fraction of sp³-hybridized carbons (Fsp3) is 0.391. The second kappa shape index (κ2) is 11.1. The van der Waals surface area contributed by atoms with Crippen LogP contribution in [0.1, 0.15) is 6.92 Å². The number of hydrogen-bond acceptors (Lipinski definition) is 7. The van der Waals surface area contributed by atoms with Crippen molar-refractivity contribution in [1.82, 2.24) is 4.90 Å². The molecule has 1 amide bonds. The predicted octanol–water partition coefficient (Wildman–Crippen LogP) is 2.36. The average molecular weight is 428 g/mol. The molecule has 0 radical (unpaired) electrons. The fourth-order valence-electron chi connectivity index (χ4n) is 3.22. The van der Waals surface area contributed by atoms with E-state index in [2.05, 4.69) is 4.90 Å². The number of carbonyl (C=O) groups is 2. The molecule has 0 spiro atoms. The lowest BCUT2D eigenvalue weighted by atomic mass is 10.2. The van der Waals surface area contributed by atoms with Crippen LogP contribution in [-0.2, 0) is 14.3 Å². The van der Waals surface area contributed by atoms with E-state index in [0.717, 1.165) is 17.2 Å². The van der Waals surface area contributed by atoms with Crippen LogP contribution in [0.2, 0.25) is 0 Å². The SMILES string of the molecule is CCOc1ccc(OCC(=O)OCC(=O)N2CCN(c3ccc(OC)cc3)CC2)cc1. The number of rotatable bonds is 9. The van der Waals surface area contributed by atoms with Crippen LogP contribution in [0.4, 0.5) is 5.69 Å². The van der Waals surface area contributed by atoms with Crippen molar-refractivity contribution in [2.75, 3.05) is 58.0 Å². The summed E-state index contributed by atoms with van der Waals surface area (Å²) in [5, 5.41) is 0. The van der Waals surface area contributed by atoms with Gasteiger partial charge in [-0.15, -0.1) is 0 Å². The van der Waals surface area contributed by atoms with Crippen LogP contribution in [0.5, 0.6) is 17.2 Å². The van der Waals surface area contributed by atoms with E-state index in [-0.39, 0.29) is 19.1 Å². The lowest BCUT2D eigenvalue weighted by Crippen LogP contribution is -2.50. The largest absolute Gasteiger partial charge is 0.497 e. The monoisotopic (exact) mass is 428 g/mol. The van der Waals surface area contributed by atoms with Gasteiger partial charge in [-0.25, -0.2) is 4.79 Å². The first kappa shape index (κ1) is 22.3. The van der Waals surface area contributed by atoms with Gasteiger partial charge in [-0.2, -0.15) is 0 Å². The van der Waals surface area contributed by atoms with Gasteiger partial charge in [0, 0.05) is 31.9 Å². The average Bonchev–Trinajstić information content (AvgIpc) is 2.82. The van der Waals surface area contributed by atoms with Crippen LogP contribution in [0.15, 0.2) is 48.5 Å². The summed E-state index contributed by atoms with van der Waals surface area (Å²) in [7, 11) is 1.64. The van der Waals surface area contributed by atoms with Gasteiger partial charge in [0.1, 0.15) is 17.2 Å². The minimum Gasteiger partial charge on any atom is -0.497 e. The van der Waals surface area contributed by atoms with Gasteiger partial charge in [-0.1, -0.05) is 0 Å². The standard InChI is InChI=1S/C23H28N2O6/c1-3-29-20-8-10-21(11-9-20)30-17-23(27)31-16-22(26)25-14-12-24(13-15-25)18-4-6-19(28-2)7-5-18/h4-11H,3,12-17H2,1-2H3. The third-order valence-corrected chi connectivity index (χ3v) is 4.92. The van der Waals surface area contributed by atoms with Gasteiger partial charge < -0.3 is 28.7 Å². The Balaban J connectivity index is 1.36. The van der Waals surface area contributed by atoms with E-state index >= 15 is 0 Å². The Morgan fingerprint density at radius 1 is 0.806 bits per heavy atom. The zero-order valence-electron chi connectivity index (χ0n) is 17.9. The summed E-state index contributed by atoms with van der Waals surface area (Å²) in [5.41, 5.74) is 1.09. The molecule has 3 rings (SSSR count). The molecular weight excluding hydrogens is 400 g/mol. The number of ether oxygens (including phenoxy) is 4. The van der Waals surface area contributed by atoms with Gasteiger partial charge in [0.15, 0.2) is 13.2 Å². The molecule has 31 heavy (non-hydrogen) atoms. The van der Waals surface area contributed by atoms with Crippen LogP contribution in [0.25, 0.3) is 0 Å². The maximum Gasteiger partial charge on any atom is 0.344 e. The Hall–Kier alpha value is -3.42. The van der Waals surface area contributed by atoms with E-state index < -0.39 is 5.97 Å². The van der Waals surface area contributed by atoms with Crippen molar-refractivity contribution < 1.29 is 28.5 Å². The number of piperazine rings is 1. The molecule has 166 valence electrons. The van der Waals surface area contributed by atoms with E-state index in [4.69, 9.17) is 18.9 Å². The number of hydrogen-bond donors (Lipinski definition) is 0. The number of methoxy groups -OCH3 is 1. The van der Waals surface area contributed by atoms with Crippen LogP contribution in [0, 0.1) is 0 Å². The lowest BCUT2D eigenvalue weighted by molar-refractivity contribution is -0.153. The van der Waals surface area contributed by atoms with Crippen LogP contribution in [-0.4, -0.2) is 69.9 Å². The summed E-state index contributed by atoms with van der Waals surface area (Å²) < 4.78 is 21.0. The molecular formula is C23H28N2O6.